The average Bonchev–Trinajstić information content (AvgIpc) is 2.85. The number of halogens is 1. The predicted octanol–water partition coefficient (Wildman–Crippen LogP) is 2.48. The van der Waals surface area contributed by atoms with Crippen molar-refractivity contribution in [1.29, 1.82) is 5.26 Å². The number of benzene rings is 1. The quantitative estimate of drug-likeness (QED) is 0.601. The summed E-state index contributed by atoms with van der Waals surface area (Å²) in [6.07, 6.45) is 2.10. The van der Waals surface area contributed by atoms with Gasteiger partial charge in [0.05, 0.1) is 35.9 Å². The Morgan fingerprint density at radius 2 is 2.12 bits per heavy atom. The number of hydrogen-bond donors (Lipinski definition) is 2. The van der Waals surface area contributed by atoms with E-state index < -0.39 is 0 Å². The van der Waals surface area contributed by atoms with Crippen molar-refractivity contribution in [2.75, 3.05) is 30.0 Å². The lowest BCUT2D eigenvalue weighted by atomic mass is 10.2. The van der Waals surface area contributed by atoms with Crippen LogP contribution in [-0.4, -0.2) is 34.8 Å². The molecular weight excluding hydrogens is 378 g/mol. The van der Waals surface area contributed by atoms with Crippen LogP contribution in [0.2, 0.25) is 5.02 Å². The number of nitrogens with zero attached hydrogens (tertiary/aromatic N) is 3. The van der Waals surface area contributed by atoms with Gasteiger partial charge in [-0.25, -0.2) is 9.97 Å². The Morgan fingerprint density at radius 3 is 2.81 bits per heavy atom. The summed E-state index contributed by atoms with van der Waals surface area (Å²) < 4.78 is 11.1. The summed E-state index contributed by atoms with van der Waals surface area (Å²) >= 11 is 7.30. The maximum atomic E-state index is 12.2. The van der Waals surface area contributed by atoms with Crippen LogP contribution in [0.1, 0.15) is 12.0 Å². The summed E-state index contributed by atoms with van der Waals surface area (Å²) in [5.74, 6) is 0.935. The second kappa shape index (κ2) is 8.12. The summed E-state index contributed by atoms with van der Waals surface area (Å²) in [4.78, 5) is 20.1. The van der Waals surface area contributed by atoms with Gasteiger partial charge in [-0.15, -0.1) is 0 Å². The molecule has 26 heavy (non-hydrogen) atoms. The van der Waals surface area contributed by atoms with E-state index in [9.17, 15) is 4.79 Å². The average molecular weight is 392 g/mol. The van der Waals surface area contributed by atoms with E-state index in [2.05, 4.69) is 15.3 Å². The number of carbonyl (C=O) groups is 1. The molecule has 3 rings (SSSR count). The van der Waals surface area contributed by atoms with Gasteiger partial charge in [-0.3, -0.25) is 4.79 Å². The molecule has 1 aromatic heterocycles. The maximum Gasteiger partial charge on any atom is 0.234 e. The van der Waals surface area contributed by atoms with E-state index in [-0.39, 0.29) is 23.0 Å². The zero-order valence-corrected chi connectivity index (χ0v) is 15.1. The maximum absolute atomic E-state index is 12.2. The molecule has 0 spiro atoms. The van der Waals surface area contributed by atoms with Gasteiger partial charge in [0.1, 0.15) is 17.5 Å². The van der Waals surface area contributed by atoms with Crippen molar-refractivity contribution in [3.8, 4) is 17.6 Å². The van der Waals surface area contributed by atoms with Crippen LogP contribution in [0.5, 0.6) is 11.5 Å². The first kappa shape index (κ1) is 18.1. The summed E-state index contributed by atoms with van der Waals surface area (Å²) in [6.45, 7) is 1.09. The first-order valence-electron chi connectivity index (χ1n) is 7.61. The highest BCUT2D eigenvalue weighted by atomic mass is 35.5. The normalized spacial score (nSPS) is 12.8. The van der Waals surface area contributed by atoms with E-state index in [0.29, 0.717) is 40.6 Å². The minimum absolute atomic E-state index is 0.0517. The number of carbonyl (C=O) groups excluding carboxylic acids is 1. The molecule has 134 valence electrons. The van der Waals surface area contributed by atoms with Crippen LogP contribution in [0.4, 0.5) is 11.5 Å². The molecule has 1 aromatic carbocycles. The molecule has 1 aliphatic heterocycles. The van der Waals surface area contributed by atoms with Crippen molar-refractivity contribution in [1.82, 2.24) is 9.97 Å². The summed E-state index contributed by atoms with van der Waals surface area (Å²) in [5, 5.41) is 12.2. The van der Waals surface area contributed by atoms with E-state index in [4.69, 9.17) is 32.1 Å². The molecule has 1 amide bonds. The largest absolute Gasteiger partial charge is 0.490 e. The van der Waals surface area contributed by atoms with Crippen molar-refractivity contribution in [3.05, 3.63) is 28.9 Å². The van der Waals surface area contributed by atoms with Gasteiger partial charge in [-0.2, -0.15) is 5.26 Å². The summed E-state index contributed by atoms with van der Waals surface area (Å²) in [6, 6.07) is 5.14. The lowest BCUT2D eigenvalue weighted by Gasteiger charge is -2.12. The SMILES string of the molecule is N#Cc1cnc(SCC(=O)Nc2cc3c(cc2Cl)OCCCO3)nc1N. The number of fused-ring (bicyclic) bond motifs is 1. The van der Waals surface area contributed by atoms with Crippen molar-refractivity contribution in [2.24, 2.45) is 0 Å². The predicted molar refractivity (Wildman–Crippen MR) is 97.6 cm³/mol. The summed E-state index contributed by atoms with van der Waals surface area (Å²) in [7, 11) is 0. The number of rotatable bonds is 4. The zero-order chi connectivity index (χ0) is 18.5. The van der Waals surface area contributed by atoms with Crippen LogP contribution in [0.3, 0.4) is 0 Å². The second-order valence-electron chi connectivity index (χ2n) is 5.23. The molecule has 2 aromatic rings. The van der Waals surface area contributed by atoms with E-state index >= 15 is 0 Å². The fourth-order valence-electron chi connectivity index (χ4n) is 2.13. The Kier molecular flexibility index (Phi) is 5.65. The molecule has 3 N–H and O–H groups in total. The number of nitriles is 1. The van der Waals surface area contributed by atoms with Gasteiger partial charge >= 0.3 is 0 Å². The Bertz CT molecular complexity index is 887. The highest BCUT2D eigenvalue weighted by Crippen LogP contribution is 2.37. The molecule has 0 fully saturated rings. The van der Waals surface area contributed by atoms with Crippen LogP contribution in [0.15, 0.2) is 23.5 Å². The van der Waals surface area contributed by atoms with Crippen molar-refractivity contribution < 1.29 is 14.3 Å². The number of thioether (sulfide) groups is 1. The minimum atomic E-state index is -0.294. The molecule has 0 unspecified atom stereocenters. The first-order valence-corrected chi connectivity index (χ1v) is 8.97. The van der Waals surface area contributed by atoms with Gasteiger partial charge in [0.25, 0.3) is 0 Å². The van der Waals surface area contributed by atoms with Crippen LogP contribution in [-0.2, 0) is 4.79 Å². The second-order valence-corrected chi connectivity index (χ2v) is 6.58. The smallest absolute Gasteiger partial charge is 0.234 e. The van der Waals surface area contributed by atoms with Crippen molar-refractivity contribution >= 4 is 40.8 Å². The van der Waals surface area contributed by atoms with Gasteiger partial charge in [0.2, 0.25) is 5.91 Å². The third-order valence-corrected chi connectivity index (χ3v) is 4.53. The molecule has 0 saturated carbocycles. The van der Waals surface area contributed by atoms with E-state index in [0.717, 1.165) is 18.2 Å². The number of aromatic nitrogens is 2. The number of hydrogen-bond acceptors (Lipinski definition) is 8. The van der Waals surface area contributed by atoms with Crippen LogP contribution < -0.4 is 20.5 Å². The number of ether oxygens (including phenoxy) is 2. The van der Waals surface area contributed by atoms with Gasteiger partial charge in [0, 0.05) is 18.6 Å². The molecule has 0 atom stereocenters. The van der Waals surface area contributed by atoms with Gasteiger partial charge in [0.15, 0.2) is 16.7 Å². The van der Waals surface area contributed by atoms with E-state index in [1.807, 2.05) is 6.07 Å². The van der Waals surface area contributed by atoms with Crippen LogP contribution in [0.25, 0.3) is 0 Å². The highest BCUT2D eigenvalue weighted by molar-refractivity contribution is 7.99. The van der Waals surface area contributed by atoms with Crippen LogP contribution in [0, 0.1) is 11.3 Å². The number of anilines is 2. The van der Waals surface area contributed by atoms with E-state index in [1.54, 1.807) is 12.1 Å². The third kappa shape index (κ3) is 4.28. The Morgan fingerprint density at radius 1 is 1.38 bits per heavy atom. The fourth-order valence-corrected chi connectivity index (χ4v) is 2.95. The number of nitrogen functional groups attached to an aromatic ring is 1. The molecule has 1 aliphatic rings. The Labute approximate surface area is 158 Å². The Balaban J connectivity index is 1.64. The lowest BCUT2D eigenvalue weighted by Crippen LogP contribution is -2.15. The monoisotopic (exact) mass is 391 g/mol. The fraction of sp³-hybridized carbons (Fsp3) is 0.250. The molecule has 0 saturated heterocycles. The molecule has 2 heterocycles. The number of amides is 1. The van der Waals surface area contributed by atoms with Crippen molar-refractivity contribution in [2.45, 2.75) is 11.6 Å². The van der Waals surface area contributed by atoms with Gasteiger partial charge in [-0.1, -0.05) is 23.4 Å². The van der Waals surface area contributed by atoms with Crippen molar-refractivity contribution in [3.63, 3.8) is 0 Å². The third-order valence-electron chi connectivity index (χ3n) is 3.36. The Hall–Kier alpha value is -2.70. The molecule has 0 bridgehead atoms. The molecule has 8 nitrogen and oxygen atoms in total. The molecule has 0 aliphatic carbocycles. The van der Waals surface area contributed by atoms with Crippen LogP contribution >= 0.6 is 23.4 Å². The minimum Gasteiger partial charge on any atom is -0.490 e. The highest BCUT2D eigenvalue weighted by Gasteiger charge is 2.16. The number of nitrogens with two attached hydrogens (primary N) is 1. The lowest BCUT2D eigenvalue weighted by molar-refractivity contribution is -0.113. The molecular formula is C16H14ClN5O3S. The van der Waals surface area contributed by atoms with Gasteiger partial charge in [-0.05, 0) is 0 Å². The topological polar surface area (TPSA) is 123 Å². The first-order chi connectivity index (χ1) is 12.6. The molecule has 10 heteroatoms. The number of nitrogens with one attached hydrogen (secondary N) is 1. The van der Waals surface area contributed by atoms with E-state index in [1.165, 1.54) is 6.20 Å². The molecule has 0 radical (unpaired) electrons. The van der Waals surface area contributed by atoms with Gasteiger partial charge < -0.3 is 20.5 Å². The summed E-state index contributed by atoms with van der Waals surface area (Å²) in [5.41, 5.74) is 6.25. The standard InChI is InChI=1S/C16H14ClN5O3S/c17-10-4-12-13(25-3-1-2-24-12)5-11(10)21-14(23)8-26-16-20-7-9(6-18)15(19)22-16/h4-5,7H,1-3,8H2,(H,21,23)(H2,19,20,22). The zero-order valence-electron chi connectivity index (χ0n) is 13.5.